The van der Waals surface area contributed by atoms with Crippen molar-refractivity contribution < 1.29 is 22.7 Å². The molecule has 0 N–H and O–H groups in total. The van der Waals surface area contributed by atoms with Crippen molar-refractivity contribution >= 4 is 33.5 Å². The van der Waals surface area contributed by atoms with Crippen LogP contribution in [0.1, 0.15) is 29.9 Å². The van der Waals surface area contributed by atoms with Crippen LogP contribution >= 0.6 is 27.5 Å². The van der Waals surface area contributed by atoms with Gasteiger partial charge in [-0.2, -0.15) is 18.3 Å². The quantitative estimate of drug-likeness (QED) is 0.634. The first-order valence-electron chi connectivity index (χ1n) is 7.01. The monoisotopic (exact) mass is 424 g/mol. The number of carbonyl (C=O) groups excluding carboxylic acids is 1. The summed E-state index contributed by atoms with van der Waals surface area (Å²) in [5.41, 5.74) is -1.20. The van der Waals surface area contributed by atoms with E-state index < -0.39 is 17.7 Å². The summed E-state index contributed by atoms with van der Waals surface area (Å²) in [4.78, 5) is 11.9. The second-order valence-corrected chi connectivity index (χ2v) is 6.03. The third kappa shape index (κ3) is 3.59. The van der Waals surface area contributed by atoms with Gasteiger partial charge in [0.15, 0.2) is 5.69 Å². The van der Waals surface area contributed by atoms with Crippen LogP contribution in [-0.2, 0) is 17.5 Å². The van der Waals surface area contributed by atoms with E-state index in [0.29, 0.717) is 0 Å². The van der Waals surface area contributed by atoms with Gasteiger partial charge < -0.3 is 4.74 Å². The predicted octanol–water partition coefficient (Wildman–Crippen LogP) is 5.18. The van der Waals surface area contributed by atoms with Crippen LogP contribution in [0.2, 0.25) is 5.02 Å². The minimum atomic E-state index is -4.59. The summed E-state index contributed by atoms with van der Waals surface area (Å²) in [6.07, 6.45) is -4.59. The zero-order valence-corrected chi connectivity index (χ0v) is 15.1. The lowest BCUT2D eigenvalue weighted by atomic mass is 10.0. The van der Waals surface area contributed by atoms with Gasteiger partial charge in [-0.15, -0.1) is 0 Å². The third-order valence-corrected chi connectivity index (χ3v) is 4.06. The van der Waals surface area contributed by atoms with Gasteiger partial charge in [0.05, 0.1) is 17.9 Å². The van der Waals surface area contributed by atoms with Crippen molar-refractivity contribution in [2.24, 2.45) is 0 Å². The van der Waals surface area contributed by atoms with Crippen molar-refractivity contribution in [1.29, 1.82) is 0 Å². The first-order valence-corrected chi connectivity index (χ1v) is 8.18. The fourth-order valence-corrected chi connectivity index (χ4v) is 2.89. The van der Waals surface area contributed by atoms with E-state index in [-0.39, 0.29) is 39.6 Å². The predicted molar refractivity (Wildman–Crippen MR) is 87.0 cm³/mol. The Labute approximate surface area is 149 Å². The highest BCUT2D eigenvalue weighted by Gasteiger charge is 2.36. The molecule has 0 saturated heterocycles. The Morgan fingerprint density at radius 1 is 1.38 bits per heavy atom. The molecule has 0 aliphatic heterocycles. The molecular formula is C15H13BrClF3N2O2. The third-order valence-electron chi connectivity index (χ3n) is 3.21. The van der Waals surface area contributed by atoms with E-state index >= 15 is 0 Å². The lowest BCUT2D eigenvalue weighted by Gasteiger charge is -2.14. The normalized spacial score (nSPS) is 11.6. The fourth-order valence-electron chi connectivity index (χ4n) is 2.21. The Kier molecular flexibility index (Phi) is 5.59. The molecule has 0 aliphatic rings. The van der Waals surface area contributed by atoms with Crippen molar-refractivity contribution in [2.75, 3.05) is 6.61 Å². The van der Waals surface area contributed by atoms with E-state index in [1.807, 2.05) is 0 Å². The van der Waals surface area contributed by atoms with Crippen molar-refractivity contribution in [1.82, 2.24) is 9.78 Å². The molecular weight excluding hydrogens is 413 g/mol. The average molecular weight is 426 g/mol. The average Bonchev–Trinajstić information content (AvgIpc) is 2.83. The van der Waals surface area contributed by atoms with Crippen LogP contribution in [0.5, 0.6) is 0 Å². The smallest absolute Gasteiger partial charge is 0.417 e. The summed E-state index contributed by atoms with van der Waals surface area (Å²) in [7, 11) is 0. The summed E-state index contributed by atoms with van der Waals surface area (Å²) < 4.78 is 46.5. The SMILES string of the molecule is CCOC(=O)c1nn(CC)c(-c2ccc(Br)cc2C(F)(F)F)c1Cl. The van der Waals surface area contributed by atoms with Gasteiger partial charge in [-0.05, 0) is 26.0 Å². The number of alkyl halides is 3. The molecule has 0 unspecified atom stereocenters. The topological polar surface area (TPSA) is 44.1 Å². The molecule has 1 aromatic carbocycles. The summed E-state index contributed by atoms with van der Waals surface area (Å²) in [5, 5.41) is 3.84. The molecule has 24 heavy (non-hydrogen) atoms. The number of rotatable bonds is 4. The maximum absolute atomic E-state index is 13.4. The number of halogens is 5. The number of hydrogen-bond donors (Lipinski definition) is 0. The van der Waals surface area contributed by atoms with E-state index in [1.165, 1.54) is 16.8 Å². The molecule has 0 radical (unpaired) electrons. The summed E-state index contributed by atoms with van der Waals surface area (Å²) >= 11 is 9.21. The van der Waals surface area contributed by atoms with Crippen LogP contribution in [-0.4, -0.2) is 22.4 Å². The summed E-state index contributed by atoms with van der Waals surface area (Å²) in [6.45, 7) is 3.64. The van der Waals surface area contributed by atoms with Gasteiger partial charge in [0.2, 0.25) is 0 Å². The fraction of sp³-hybridized carbons (Fsp3) is 0.333. The first-order chi connectivity index (χ1) is 11.2. The number of esters is 1. The number of aromatic nitrogens is 2. The Morgan fingerprint density at radius 3 is 2.58 bits per heavy atom. The van der Waals surface area contributed by atoms with Gasteiger partial charge in [0.1, 0.15) is 5.02 Å². The van der Waals surface area contributed by atoms with Gasteiger partial charge in [-0.25, -0.2) is 4.79 Å². The number of nitrogens with zero attached hydrogens (tertiary/aromatic N) is 2. The van der Waals surface area contributed by atoms with Crippen molar-refractivity contribution in [2.45, 2.75) is 26.6 Å². The molecule has 4 nitrogen and oxygen atoms in total. The largest absolute Gasteiger partial charge is 0.461 e. The van der Waals surface area contributed by atoms with Crippen molar-refractivity contribution in [3.05, 3.63) is 39.0 Å². The molecule has 0 spiro atoms. The van der Waals surface area contributed by atoms with Gasteiger partial charge in [-0.3, -0.25) is 4.68 Å². The molecule has 130 valence electrons. The van der Waals surface area contributed by atoms with Gasteiger partial charge >= 0.3 is 12.1 Å². The number of benzene rings is 1. The van der Waals surface area contributed by atoms with E-state index in [0.717, 1.165) is 6.07 Å². The molecule has 2 rings (SSSR count). The molecule has 1 aromatic heterocycles. The Balaban J connectivity index is 2.72. The maximum Gasteiger partial charge on any atom is 0.417 e. The maximum atomic E-state index is 13.4. The van der Waals surface area contributed by atoms with E-state index in [1.54, 1.807) is 13.8 Å². The van der Waals surface area contributed by atoms with E-state index in [4.69, 9.17) is 16.3 Å². The van der Waals surface area contributed by atoms with Crippen LogP contribution in [0.25, 0.3) is 11.3 Å². The minimum Gasteiger partial charge on any atom is -0.461 e. The molecule has 0 saturated carbocycles. The molecule has 0 atom stereocenters. The highest BCUT2D eigenvalue weighted by molar-refractivity contribution is 9.10. The molecule has 0 bridgehead atoms. The van der Waals surface area contributed by atoms with Crippen LogP contribution in [0.15, 0.2) is 22.7 Å². The number of ether oxygens (including phenoxy) is 1. The number of aryl methyl sites for hydroxylation is 1. The second kappa shape index (κ2) is 7.14. The number of hydrogen-bond acceptors (Lipinski definition) is 3. The van der Waals surface area contributed by atoms with Crippen LogP contribution in [0, 0.1) is 0 Å². The van der Waals surface area contributed by atoms with Gasteiger partial charge in [-0.1, -0.05) is 33.6 Å². The van der Waals surface area contributed by atoms with Crippen molar-refractivity contribution in [3.63, 3.8) is 0 Å². The molecule has 1 heterocycles. The minimum absolute atomic E-state index is 0.0297. The zero-order chi connectivity index (χ0) is 18.1. The Morgan fingerprint density at radius 2 is 2.04 bits per heavy atom. The molecule has 0 aliphatic carbocycles. The molecule has 0 fully saturated rings. The lowest BCUT2D eigenvalue weighted by molar-refractivity contribution is -0.137. The summed E-state index contributed by atoms with van der Waals surface area (Å²) in [6, 6.07) is 3.72. The van der Waals surface area contributed by atoms with E-state index in [2.05, 4.69) is 21.0 Å². The van der Waals surface area contributed by atoms with Crippen LogP contribution in [0.4, 0.5) is 13.2 Å². The summed E-state index contributed by atoms with van der Waals surface area (Å²) in [5.74, 6) is -0.776. The Hall–Kier alpha value is -1.54. The van der Waals surface area contributed by atoms with Gasteiger partial charge in [0, 0.05) is 16.6 Å². The highest BCUT2D eigenvalue weighted by atomic mass is 79.9. The van der Waals surface area contributed by atoms with Crippen LogP contribution in [0.3, 0.4) is 0 Å². The highest BCUT2D eigenvalue weighted by Crippen LogP contribution is 2.41. The molecule has 2 aromatic rings. The zero-order valence-electron chi connectivity index (χ0n) is 12.7. The molecule has 0 amide bonds. The lowest BCUT2D eigenvalue weighted by Crippen LogP contribution is -2.09. The second-order valence-electron chi connectivity index (χ2n) is 4.74. The van der Waals surface area contributed by atoms with Crippen molar-refractivity contribution in [3.8, 4) is 11.3 Å². The molecule has 9 heteroatoms. The van der Waals surface area contributed by atoms with E-state index in [9.17, 15) is 18.0 Å². The standard InChI is InChI=1S/C15H13BrClF3N2O2/c1-3-22-13(11(17)12(21-22)14(23)24-4-2)9-6-5-8(16)7-10(9)15(18,19)20/h5-7H,3-4H2,1-2H3. The Bertz CT molecular complexity index is 775. The van der Waals surface area contributed by atoms with Crippen LogP contribution < -0.4 is 0 Å². The van der Waals surface area contributed by atoms with Gasteiger partial charge in [0.25, 0.3) is 0 Å². The first kappa shape index (κ1) is 18.8. The number of carbonyl (C=O) groups is 1.